The molecule has 4 heteroatoms. The first-order valence-electron chi connectivity index (χ1n) is 8.09. The Morgan fingerprint density at radius 2 is 2.05 bits per heavy atom. The largest absolute Gasteiger partial charge is 0.466 e. The van der Waals surface area contributed by atoms with E-state index < -0.39 is 11.9 Å². The Balaban J connectivity index is 1.66. The van der Waals surface area contributed by atoms with E-state index in [1.165, 1.54) is 5.56 Å². The van der Waals surface area contributed by atoms with Crippen molar-refractivity contribution in [2.75, 3.05) is 0 Å². The molecule has 3 fully saturated rings. The number of fused-ring (bicyclic) bond motifs is 1. The van der Waals surface area contributed by atoms with Crippen molar-refractivity contribution in [2.45, 2.75) is 37.1 Å². The van der Waals surface area contributed by atoms with E-state index in [1.54, 1.807) is 6.26 Å². The zero-order chi connectivity index (χ0) is 14.7. The zero-order valence-corrected chi connectivity index (χ0v) is 12.3. The molecule has 5 rings (SSSR count). The lowest BCUT2D eigenvalue weighted by Gasteiger charge is -2.35. The molecule has 0 unspecified atom stereocenters. The van der Waals surface area contributed by atoms with Crippen molar-refractivity contribution in [1.82, 2.24) is 4.98 Å². The van der Waals surface area contributed by atoms with Gasteiger partial charge in [0.15, 0.2) is 6.29 Å². The number of aliphatic hydroxyl groups is 1. The first kappa shape index (κ1) is 12.9. The minimum atomic E-state index is -0.680. The molecule has 2 saturated carbocycles. The fourth-order valence-corrected chi connectivity index (χ4v) is 5.37. The molecule has 0 aromatic carbocycles. The van der Waals surface area contributed by atoms with E-state index in [1.807, 2.05) is 24.5 Å². The average molecular weight is 297 g/mol. The van der Waals surface area contributed by atoms with E-state index in [9.17, 15) is 5.11 Å². The summed E-state index contributed by atoms with van der Waals surface area (Å²) in [4.78, 5) is 4.15. The maximum atomic E-state index is 10.5. The van der Waals surface area contributed by atoms with Crippen LogP contribution in [0.15, 0.2) is 47.3 Å². The zero-order valence-electron chi connectivity index (χ0n) is 12.3. The molecule has 2 aromatic heterocycles. The summed E-state index contributed by atoms with van der Waals surface area (Å²) in [6, 6.07) is 8.14. The Morgan fingerprint density at radius 3 is 2.82 bits per heavy atom. The smallest absolute Gasteiger partial charge is 0.159 e. The Hall–Kier alpha value is -1.65. The number of pyridine rings is 1. The molecule has 2 aliphatic carbocycles. The van der Waals surface area contributed by atoms with E-state index in [0.29, 0.717) is 11.8 Å². The highest BCUT2D eigenvalue weighted by Crippen LogP contribution is 2.68. The number of ether oxygens (including phenoxy) is 1. The fraction of sp³-hybridized carbons (Fsp3) is 0.500. The van der Waals surface area contributed by atoms with Gasteiger partial charge in [-0.3, -0.25) is 4.98 Å². The third kappa shape index (κ3) is 1.52. The summed E-state index contributed by atoms with van der Waals surface area (Å²) in [6.45, 7) is 0. The highest BCUT2D eigenvalue weighted by atomic mass is 16.6. The molecule has 2 aromatic rings. The number of rotatable bonds is 2. The number of aliphatic hydroxyl groups excluding tert-OH is 1. The van der Waals surface area contributed by atoms with Gasteiger partial charge in [0.05, 0.1) is 6.26 Å². The van der Waals surface area contributed by atoms with Crippen LogP contribution >= 0.6 is 0 Å². The first-order chi connectivity index (χ1) is 10.8. The summed E-state index contributed by atoms with van der Waals surface area (Å²) in [5.74, 6) is 2.37. The van der Waals surface area contributed by atoms with Gasteiger partial charge in [0, 0.05) is 24.2 Å². The topological polar surface area (TPSA) is 55.5 Å². The van der Waals surface area contributed by atoms with Crippen molar-refractivity contribution < 1.29 is 14.3 Å². The van der Waals surface area contributed by atoms with E-state index >= 15 is 0 Å². The van der Waals surface area contributed by atoms with Crippen LogP contribution in [0.3, 0.4) is 0 Å². The van der Waals surface area contributed by atoms with E-state index in [0.717, 1.165) is 25.0 Å². The molecule has 114 valence electrons. The summed E-state index contributed by atoms with van der Waals surface area (Å²) >= 11 is 0. The van der Waals surface area contributed by atoms with Gasteiger partial charge in [-0.15, -0.1) is 0 Å². The van der Waals surface area contributed by atoms with Crippen molar-refractivity contribution in [1.29, 1.82) is 0 Å². The highest BCUT2D eigenvalue weighted by Gasteiger charge is 2.67. The highest BCUT2D eigenvalue weighted by molar-refractivity contribution is 5.31. The number of hydrogen-bond donors (Lipinski definition) is 1. The van der Waals surface area contributed by atoms with Crippen LogP contribution < -0.4 is 0 Å². The van der Waals surface area contributed by atoms with Gasteiger partial charge in [-0.2, -0.15) is 0 Å². The number of furan rings is 1. The van der Waals surface area contributed by atoms with Gasteiger partial charge in [-0.1, -0.05) is 0 Å². The van der Waals surface area contributed by atoms with Crippen LogP contribution in [0.4, 0.5) is 0 Å². The fourth-order valence-electron chi connectivity index (χ4n) is 5.37. The van der Waals surface area contributed by atoms with E-state index in [4.69, 9.17) is 9.15 Å². The molecule has 1 aliphatic heterocycles. The van der Waals surface area contributed by atoms with E-state index in [2.05, 4.69) is 17.1 Å². The first-order valence-corrected chi connectivity index (χ1v) is 8.09. The van der Waals surface area contributed by atoms with Gasteiger partial charge < -0.3 is 14.3 Å². The van der Waals surface area contributed by atoms with Crippen LogP contribution in [0.5, 0.6) is 0 Å². The molecule has 3 aliphatic rings. The quantitative estimate of drug-likeness (QED) is 0.925. The predicted octanol–water partition coefficient (Wildman–Crippen LogP) is 3.05. The summed E-state index contributed by atoms with van der Waals surface area (Å²) in [7, 11) is 0. The summed E-state index contributed by atoms with van der Waals surface area (Å²) in [5, 5.41) is 10.5. The second kappa shape index (κ2) is 4.43. The normalized spacial score (nSPS) is 42.7. The van der Waals surface area contributed by atoms with Crippen molar-refractivity contribution in [3.63, 3.8) is 0 Å². The Kier molecular flexibility index (Phi) is 2.59. The SMILES string of the molecule is O[C@@H]1O[C@@]2(c3ccco3)C[C@H]3CC[C@@H]1[C@@H]2[C@@H]3c1ccncc1. The van der Waals surface area contributed by atoms with Gasteiger partial charge in [-0.25, -0.2) is 0 Å². The lowest BCUT2D eigenvalue weighted by atomic mass is 9.68. The van der Waals surface area contributed by atoms with Gasteiger partial charge in [-0.05, 0) is 60.9 Å². The molecule has 0 radical (unpaired) electrons. The third-order valence-electron chi connectivity index (χ3n) is 6.06. The molecule has 6 atom stereocenters. The predicted molar refractivity (Wildman–Crippen MR) is 78.8 cm³/mol. The molecule has 4 nitrogen and oxygen atoms in total. The molecular weight excluding hydrogens is 278 g/mol. The van der Waals surface area contributed by atoms with Crippen LogP contribution in [0.1, 0.15) is 36.5 Å². The van der Waals surface area contributed by atoms with Crippen molar-refractivity contribution >= 4 is 0 Å². The Morgan fingerprint density at radius 1 is 1.18 bits per heavy atom. The maximum absolute atomic E-state index is 10.5. The lowest BCUT2D eigenvalue weighted by Crippen LogP contribution is -2.32. The second-order valence-corrected chi connectivity index (χ2v) is 6.91. The molecule has 0 spiro atoms. The van der Waals surface area contributed by atoms with Crippen LogP contribution in [0.25, 0.3) is 0 Å². The van der Waals surface area contributed by atoms with Crippen molar-refractivity contribution in [3.05, 3.63) is 54.2 Å². The maximum Gasteiger partial charge on any atom is 0.159 e. The minimum absolute atomic E-state index is 0.196. The minimum Gasteiger partial charge on any atom is -0.466 e. The third-order valence-corrected chi connectivity index (χ3v) is 6.06. The molecule has 2 bridgehead atoms. The van der Waals surface area contributed by atoms with Crippen LogP contribution in [-0.4, -0.2) is 16.4 Å². The average Bonchev–Trinajstić information content (AvgIpc) is 3.19. The second-order valence-electron chi connectivity index (χ2n) is 6.91. The molecular formula is C18H19NO3. The monoisotopic (exact) mass is 297 g/mol. The molecule has 0 amide bonds. The molecule has 1 N–H and O–H groups in total. The lowest BCUT2D eigenvalue weighted by molar-refractivity contribution is -0.166. The van der Waals surface area contributed by atoms with Crippen molar-refractivity contribution in [3.8, 4) is 0 Å². The molecule has 22 heavy (non-hydrogen) atoms. The molecule has 1 saturated heterocycles. The summed E-state index contributed by atoms with van der Waals surface area (Å²) in [5.41, 5.74) is 0.865. The van der Waals surface area contributed by atoms with Gasteiger partial charge in [0.1, 0.15) is 11.4 Å². The molecule has 3 heterocycles. The summed E-state index contributed by atoms with van der Waals surface area (Å²) in [6.07, 6.45) is 7.88. The van der Waals surface area contributed by atoms with Crippen LogP contribution in [0, 0.1) is 17.8 Å². The van der Waals surface area contributed by atoms with E-state index in [-0.39, 0.29) is 11.8 Å². The Bertz CT molecular complexity index is 671. The Labute approximate surface area is 129 Å². The standard InChI is InChI=1S/C18H19NO3/c20-17-13-4-3-12-10-18(22-17,14-2-1-9-21-14)16(13)15(12)11-5-7-19-8-6-11/h1-2,5-9,12-13,15-17,20H,3-4,10H2/t12-,13-,15-,16-,17-,18-/m1/s1. The van der Waals surface area contributed by atoms with Gasteiger partial charge >= 0.3 is 0 Å². The summed E-state index contributed by atoms with van der Waals surface area (Å²) < 4.78 is 11.9. The van der Waals surface area contributed by atoms with Crippen molar-refractivity contribution in [2.24, 2.45) is 17.8 Å². The number of nitrogens with zero attached hydrogens (tertiary/aromatic N) is 1. The van der Waals surface area contributed by atoms with Crippen LogP contribution in [0.2, 0.25) is 0 Å². The van der Waals surface area contributed by atoms with Crippen LogP contribution in [-0.2, 0) is 10.3 Å². The van der Waals surface area contributed by atoms with Gasteiger partial charge in [0.2, 0.25) is 0 Å². The van der Waals surface area contributed by atoms with Gasteiger partial charge in [0.25, 0.3) is 0 Å². The number of aromatic nitrogens is 1. The number of hydrogen-bond acceptors (Lipinski definition) is 4.